The summed E-state index contributed by atoms with van der Waals surface area (Å²) in [4.78, 5) is 2.18. The Morgan fingerprint density at radius 1 is 0.833 bits per heavy atom. The molecule has 30 heavy (non-hydrogen) atoms. The third-order valence-electron chi connectivity index (χ3n) is 5.20. The van der Waals surface area contributed by atoms with Crippen LogP contribution in [0.4, 0.5) is 8.78 Å². The highest BCUT2D eigenvalue weighted by Gasteiger charge is 2.13. The fourth-order valence-corrected chi connectivity index (χ4v) is 3.73. The first-order chi connectivity index (χ1) is 14.7. The largest absolute Gasteiger partial charge is 0.491 e. The van der Waals surface area contributed by atoms with Gasteiger partial charge in [-0.3, -0.25) is 4.90 Å². The molecule has 1 aliphatic rings. The second-order valence-corrected chi connectivity index (χ2v) is 7.51. The van der Waals surface area contributed by atoms with Gasteiger partial charge in [0.1, 0.15) is 24.0 Å². The van der Waals surface area contributed by atoms with Crippen LogP contribution in [0.15, 0.2) is 66.7 Å². The fraction of sp³-hybridized carbons (Fsp3) is 0.280. The lowest BCUT2D eigenvalue weighted by molar-refractivity contribution is 0.0754. The molecule has 0 aliphatic carbocycles. The second kappa shape index (κ2) is 9.83. The lowest BCUT2D eigenvalue weighted by Crippen LogP contribution is -2.28. The molecule has 0 spiro atoms. The van der Waals surface area contributed by atoms with Crippen LogP contribution in [0.5, 0.6) is 5.75 Å². The van der Waals surface area contributed by atoms with Gasteiger partial charge in [0.15, 0.2) is 0 Å². The summed E-state index contributed by atoms with van der Waals surface area (Å²) in [5, 5.41) is 0. The number of benzene rings is 3. The summed E-state index contributed by atoms with van der Waals surface area (Å²) in [6.07, 6.45) is 0.578. The Labute approximate surface area is 175 Å². The number of rotatable bonds is 2. The maximum Gasteiger partial charge on any atom is 0.127 e. The van der Waals surface area contributed by atoms with Crippen LogP contribution in [-0.4, -0.2) is 31.3 Å². The van der Waals surface area contributed by atoms with Crippen molar-refractivity contribution < 1.29 is 18.3 Å². The molecule has 0 amide bonds. The van der Waals surface area contributed by atoms with Crippen LogP contribution in [0, 0.1) is 11.6 Å². The van der Waals surface area contributed by atoms with E-state index < -0.39 is 0 Å². The Balaban J connectivity index is 1.59. The van der Waals surface area contributed by atoms with E-state index in [1.54, 1.807) is 12.1 Å². The molecule has 1 heterocycles. The molecule has 156 valence electrons. The van der Waals surface area contributed by atoms with E-state index in [1.807, 2.05) is 24.3 Å². The van der Waals surface area contributed by atoms with E-state index in [-0.39, 0.29) is 11.6 Å². The Bertz CT molecular complexity index is 992. The molecule has 3 nitrogen and oxygen atoms in total. The summed E-state index contributed by atoms with van der Waals surface area (Å²) in [7, 11) is 0. The van der Waals surface area contributed by atoms with E-state index in [1.165, 1.54) is 18.2 Å². The number of halogens is 2. The van der Waals surface area contributed by atoms with Gasteiger partial charge in [-0.25, -0.2) is 8.78 Å². The van der Waals surface area contributed by atoms with Crippen molar-refractivity contribution in [3.63, 3.8) is 0 Å². The highest BCUT2D eigenvalue weighted by atomic mass is 19.1. The van der Waals surface area contributed by atoms with Crippen molar-refractivity contribution in [2.45, 2.75) is 19.5 Å². The summed E-state index contributed by atoms with van der Waals surface area (Å²) in [6.45, 7) is 3.22. The molecule has 0 aromatic heterocycles. The molecule has 5 heteroatoms. The van der Waals surface area contributed by atoms with Crippen LogP contribution in [-0.2, 0) is 24.2 Å². The Morgan fingerprint density at radius 2 is 1.70 bits per heavy atom. The van der Waals surface area contributed by atoms with E-state index in [0.717, 1.165) is 16.7 Å². The van der Waals surface area contributed by atoms with Gasteiger partial charge in [-0.2, -0.15) is 0 Å². The molecule has 1 aliphatic heterocycles. The van der Waals surface area contributed by atoms with Gasteiger partial charge in [-0.05, 0) is 35.4 Å². The first kappa shape index (κ1) is 20.5. The minimum absolute atomic E-state index is 0.196. The molecule has 3 aromatic carbocycles. The molecular weight excluding hydrogens is 384 g/mol. The SMILES string of the molecule is Fc1ccc2c(c1)Cc1cccc(c1)CN(Cc1ccccc1F)CCOCCO2. The van der Waals surface area contributed by atoms with Crippen molar-refractivity contribution in [3.8, 4) is 5.75 Å². The molecule has 0 saturated heterocycles. The average Bonchev–Trinajstić information content (AvgIpc) is 2.73. The topological polar surface area (TPSA) is 21.7 Å². The van der Waals surface area contributed by atoms with Crippen molar-refractivity contribution in [1.82, 2.24) is 4.90 Å². The predicted molar refractivity (Wildman–Crippen MR) is 112 cm³/mol. The molecule has 0 N–H and O–H groups in total. The van der Waals surface area contributed by atoms with E-state index in [0.29, 0.717) is 57.2 Å². The lowest BCUT2D eigenvalue weighted by Gasteiger charge is -2.23. The van der Waals surface area contributed by atoms with Crippen molar-refractivity contribution in [2.24, 2.45) is 0 Å². The number of fused-ring (bicyclic) bond motifs is 3. The number of hydrogen-bond donors (Lipinski definition) is 0. The van der Waals surface area contributed by atoms with Crippen LogP contribution in [0.2, 0.25) is 0 Å². The first-order valence-corrected chi connectivity index (χ1v) is 10.2. The molecule has 2 bridgehead atoms. The average molecular weight is 409 g/mol. The summed E-state index contributed by atoms with van der Waals surface area (Å²) in [5.41, 5.74) is 3.69. The quantitative estimate of drug-likeness (QED) is 0.597. The van der Waals surface area contributed by atoms with Crippen LogP contribution < -0.4 is 4.74 Å². The Hall–Kier alpha value is -2.76. The van der Waals surface area contributed by atoms with Gasteiger partial charge in [-0.1, -0.05) is 42.5 Å². The van der Waals surface area contributed by atoms with E-state index in [9.17, 15) is 8.78 Å². The molecule has 3 aromatic rings. The zero-order valence-electron chi connectivity index (χ0n) is 16.8. The normalized spacial score (nSPS) is 15.7. The van der Waals surface area contributed by atoms with E-state index in [4.69, 9.17) is 9.47 Å². The first-order valence-electron chi connectivity index (χ1n) is 10.2. The van der Waals surface area contributed by atoms with Gasteiger partial charge in [0.25, 0.3) is 0 Å². The summed E-state index contributed by atoms with van der Waals surface area (Å²) < 4.78 is 39.6. The van der Waals surface area contributed by atoms with Gasteiger partial charge in [0.2, 0.25) is 0 Å². The van der Waals surface area contributed by atoms with Crippen LogP contribution in [0.25, 0.3) is 0 Å². The monoisotopic (exact) mass is 409 g/mol. The van der Waals surface area contributed by atoms with Crippen molar-refractivity contribution in [1.29, 1.82) is 0 Å². The number of hydrogen-bond acceptors (Lipinski definition) is 3. The summed E-state index contributed by atoms with van der Waals surface area (Å²) in [5.74, 6) is 0.212. The van der Waals surface area contributed by atoms with Crippen LogP contribution in [0.3, 0.4) is 0 Å². The molecule has 4 rings (SSSR count). The second-order valence-electron chi connectivity index (χ2n) is 7.51. The minimum Gasteiger partial charge on any atom is -0.491 e. The van der Waals surface area contributed by atoms with Gasteiger partial charge in [0, 0.05) is 37.2 Å². The predicted octanol–water partition coefficient (Wildman–Crippen LogP) is 4.97. The van der Waals surface area contributed by atoms with Gasteiger partial charge in [-0.15, -0.1) is 0 Å². The van der Waals surface area contributed by atoms with Crippen molar-refractivity contribution >= 4 is 0 Å². The zero-order valence-corrected chi connectivity index (χ0v) is 16.8. The van der Waals surface area contributed by atoms with Crippen molar-refractivity contribution in [2.75, 3.05) is 26.4 Å². The summed E-state index contributed by atoms with van der Waals surface area (Å²) >= 11 is 0. The van der Waals surface area contributed by atoms with Gasteiger partial charge in [0.05, 0.1) is 13.2 Å². The zero-order chi connectivity index (χ0) is 20.8. The van der Waals surface area contributed by atoms with E-state index in [2.05, 4.69) is 17.0 Å². The number of ether oxygens (including phenoxy) is 2. The third kappa shape index (κ3) is 5.43. The molecule has 0 saturated carbocycles. The molecular formula is C25H25F2NO2. The Morgan fingerprint density at radius 3 is 2.60 bits per heavy atom. The molecule has 0 fully saturated rings. The van der Waals surface area contributed by atoms with Gasteiger partial charge < -0.3 is 9.47 Å². The maximum absolute atomic E-state index is 14.2. The Kier molecular flexibility index (Phi) is 6.72. The number of nitrogens with zero attached hydrogens (tertiary/aromatic N) is 1. The van der Waals surface area contributed by atoms with Crippen LogP contribution >= 0.6 is 0 Å². The molecule has 0 unspecified atom stereocenters. The van der Waals surface area contributed by atoms with Gasteiger partial charge >= 0.3 is 0 Å². The molecule has 0 radical (unpaired) electrons. The fourth-order valence-electron chi connectivity index (χ4n) is 3.73. The summed E-state index contributed by atoms with van der Waals surface area (Å²) in [6, 6.07) is 19.7. The lowest BCUT2D eigenvalue weighted by atomic mass is 10.0. The highest BCUT2D eigenvalue weighted by Crippen LogP contribution is 2.24. The third-order valence-corrected chi connectivity index (χ3v) is 5.20. The van der Waals surface area contributed by atoms with E-state index >= 15 is 0 Å². The minimum atomic E-state index is -0.276. The van der Waals surface area contributed by atoms with Crippen molar-refractivity contribution in [3.05, 3.63) is 101 Å². The maximum atomic E-state index is 14.2. The van der Waals surface area contributed by atoms with Crippen LogP contribution in [0.1, 0.15) is 22.3 Å². The molecule has 0 atom stereocenters. The highest BCUT2D eigenvalue weighted by molar-refractivity contribution is 5.39. The smallest absolute Gasteiger partial charge is 0.127 e. The standard InChI is InChI=1S/C25H25F2NO2/c26-23-8-9-25-22(16-23)15-19-4-3-5-20(14-19)17-28(10-11-29-12-13-30-25)18-21-6-1-2-7-24(21)27/h1-9,14,16H,10-13,15,17-18H2.